The lowest BCUT2D eigenvalue weighted by atomic mass is 10.3. The SMILES string of the molecule is Nc1cn(-c2cc(F)ccc2Cl)nn1. The molecule has 2 aromatic rings. The summed E-state index contributed by atoms with van der Waals surface area (Å²) in [6, 6.07) is 3.98. The maximum atomic E-state index is 12.9. The van der Waals surface area contributed by atoms with Crippen molar-refractivity contribution < 1.29 is 4.39 Å². The molecule has 0 aliphatic carbocycles. The van der Waals surface area contributed by atoms with Gasteiger partial charge >= 0.3 is 0 Å². The van der Waals surface area contributed by atoms with Gasteiger partial charge in [-0.15, -0.1) is 5.10 Å². The summed E-state index contributed by atoms with van der Waals surface area (Å²) in [5, 5.41) is 7.64. The molecule has 2 N–H and O–H groups in total. The van der Waals surface area contributed by atoms with Gasteiger partial charge in [0.15, 0.2) is 5.82 Å². The first kappa shape index (κ1) is 8.96. The Hall–Kier alpha value is -1.62. The van der Waals surface area contributed by atoms with E-state index >= 15 is 0 Å². The van der Waals surface area contributed by atoms with Crippen LogP contribution >= 0.6 is 11.6 Å². The highest BCUT2D eigenvalue weighted by atomic mass is 35.5. The summed E-state index contributed by atoms with van der Waals surface area (Å²) >= 11 is 5.84. The van der Waals surface area contributed by atoms with Gasteiger partial charge in [-0.3, -0.25) is 0 Å². The van der Waals surface area contributed by atoms with E-state index in [9.17, 15) is 4.39 Å². The van der Waals surface area contributed by atoms with Crippen LogP contribution in [0.5, 0.6) is 0 Å². The van der Waals surface area contributed by atoms with Gasteiger partial charge in [-0.2, -0.15) is 0 Å². The molecule has 0 fully saturated rings. The Morgan fingerprint density at radius 1 is 1.43 bits per heavy atom. The molecule has 6 heteroatoms. The Kier molecular flexibility index (Phi) is 2.09. The van der Waals surface area contributed by atoms with Gasteiger partial charge in [0.2, 0.25) is 0 Å². The van der Waals surface area contributed by atoms with Crippen molar-refractivity contribution in [2.24, 2.45) is 0 Å². The Morgan fingerprint density at radius 2 is 2.21 bits per heavy atom. The summed E-state index contributed by atoms with van der Waals surface area (Å²) in [5.41, 5.74) is 5.79. The molecule has 2 rings (SSSR count). The van der Waals surface area contributed by atoms with Crippen LogP contribution in [0.1, 0.15) is 0 Å². The van der Waals surface area contributed by atoms with Crippen molar-refractivity contribution in [2.75, 3.05) is 5.73 Å². The van der Waals surface area contributed by atoms with Crippen molar-refractivity contribution in [2.45, 2.75) is 0 Å². The average molecular weight is 213 g/mol. The number of hydrogen-bond acceptors (Lipinski definition) is 3. The number of nitrogens with zero attached hydrogens (tertiary/aromatic N) is 3. The van der Waals surface area contributed by atoms with Crippen LogP contribution in [0.15, 0.2) is 24.4 Å². The fourth-order valence-electron chi connectivity index (χ4n) is 1.06. The largest absolute Gasteiger partial charge is 0.381 e. The number of anilines is 1. The minimum atomic E-state index is -0.390. The molecule has 0 unspecified atom stereocenters. The topological polar surface area (TPSA) is 56.7 Å². The summed E-state index contributed by atoms with van der Waals surface area (Å²) < 4.78 is 14.2. The Bertz CT molecular complexity index is 468. The maximum Gasteiger partial charge on any atom is 0.166 e. The van der Waals surface area contributed by atoms with Gasteiger partial charge in [0.05, 0.1) is 16.9 Å². The molecule has 0 aliphatic heterocycles. The van der Waals surface area contributed by atoms with Crippen LogP contribution in [0.3, 0.4) is 0 Å². The van der Waals surface area contributed by atoms with Gasteiger partial charge in [-0.1, -0.05) is 16.8 Å². The van der Waals surface area contributed by atoms with E-state index in [2.05, 4.69) is 10.3 Å². The molecule has 1 aromatic heterocycles. The quantitative estimate of drug-likeness (QED) is 0.782. The van der Waals surface area contributed by atoms with Crippen LogP contribution in [-0.2, 0) is 0 Å². The molecule has 1 aromatic carbocycles. The first-order valence-corrected chi connectivity index (χ1v) is 4.18. The Morgan fingerprint density at radius 3 is 2.86 bits per heavy atom. The number of hydrogen-bond donors (Lipinski definition) is 1. The zero-order valence-electron chi connectivity index (χ0n) is 6.98. The molecule has 0 radical (unpaired) electrons. The molecule has 72 valence electrons. The second kappa shape index (κ2) is 3.26. The summed E-state index contributed by atoms with van der Waals surface area (Å²) in [6.45, 7) is 0. The van der Waals surface area contributed by atoms with Crippen LogP contribution in [-0.4, -0.2) is 15.0 Å². The second-order valence-corrected chi connectivity index (χ2v) is 3.09. The van der Waals surface area contributed by atoms with Crippen molar-refractivity contribution in [3.63, 3.8) is 0 Å². The van der Waals surface area contributed by atoms with Crippen LogP contribution in [0, 0.1) is 5.82 Å². The van der Waals surface area contributed by atoms with Crippen molar-refractivity contribution in [3.8, 4) is 5.69 Å². The first-order chi connectivity index (χ1) is 6.66. The monoisotopic (exact) mass is 212 g/mol. The Labute approximate surface area is 84.1 Å². The van der Waals surface area contributed by atoms with E-state index in [0.717, 1.165) is 0 Å². The number of benzene rings is 1. The number of nitrogen functional groups attached to an aromatic ring is 1. The molecular formula is C8H6ClFN4. The lowest BCUT2D eigenvalue weighted by Crippen LogP contribution is -1.96. The highest BCUT2D eigenvalue weighted by molar-refractivity contribution is 6.32. The fraction of sp³-hybridized carbons (Fsp3) is 0. The maximum absolute atomic E-state index is 12.9. The van der Waals surface area contributed by atoms with E-state index in [1.54, 1.807) is 0 Å². The van der Waals surface area contributed by atoms with Gasteiger partial charge in [-0.25, -0.2) is 9.07 Å². The van der Waals surface area contributed by atoms with Crippen molar-refractivity contribution in [3.05, 3.63) is 35.2 Å². The van der Waals surface area contributed by atoms with Crippen molar-refractivity contribution >= 4 is 17.4 Å². The second-order valence-electron chi connectivity index (χ2n) is 2.68. The van der Waals surface area contributed by atoms with E-state index in [4.69, 9.17) is 17.3 Å². The zero-order chi connectivity index (χ0) is 10.1. The normalized spacial score (nSPS) is 10.4. The summed E-state index contributed by atoms with van der Waals surface area (Å²) in [5.74, 6) is -0.135. The van der Waals surface area contributed by atoms with E-state index in [-0.39, 0.29) is 5.82 Å². The van der Waals surface area contributed by atoms with Crippen molar-refractivity contribution in [1.82, 2.24) is 15.0 Å². The van der Waals surface area contributed by atoms with E-state index < -0.39 is 5.82 Å². The van der Waals surface area contributed by atoms with Crippen LogP contribution in [0.2, 0.25) is 5.02 Å². The van der Waals surface area contributed by atoms with Gasteiger partial charge in [-0.05, 0) is 12.1 Å². The predicted octanol–water partition coefficient (Wildman–Crippen LogP) is 1.64. The van der Waals surface area contributed by atoms with E-state index in [1.807, 2.05) is 0 Å². The van der Waals surface area contributed by atoms with Crippen molar-refractivity contribution in [1.29, 1.82) is 0 Å². The highest BCUT2D eigenvalue weighted by Crippen LogP contribution is 2.20. The molecule has 0 atom stereocenters. The van der Waals surface area contributed by atoms with Gasteiger partial charge in [0.1, 0.15) is 5.82 Å². The lowest BCUT2D eigenvalue weighted by Gasteiger charge is -2.02. The summed E-state index contributed by atoms with van der Waals surface area (Å²) in [6.07, 6.45) is 1.46. The third-order valence-corrected chi connectivity index (χ3v) is 1.99. The Balaban J connectivity index is 2.55. The minimum Gasteiger partial charge on any atom is -0.381 e. The molecule has 14 heavy (non-hydrogen) atoms. The fourth-order valence-corrected chi connectivity index (χ4v) is 1.26. The number of aromatic nitrogens is 3. The molecule has 1 heterocycles. The molecule has 0 aliphatic rings. The third-order valence-electron chi connectivity index (χ3n) is 1.67. The number of halogens is 2. The van der Waals surface area contributed by atoms with E-state index in [0.29, 0.717) is 10.7 Å². The summed E-state index contributed by atoms with van der Waals surface area (Å²) in [7, 11) is 0. The average Bonchev–Trinajstić information content (AvgIpc) is 2.56. The summed E-state index contributed by atoms with van der Waals surface area (Å²) in [4.78, 5) is 0. The molecule has 0 saturated heterocycles. The molecule has 0 spiro atoms. The van der Waals surface area contributed by atoms with Crippen LogP contribution in [0.25, 0.3) is 5.69 Å². The smallest absolute Gasteiger partial charge is 0.166 e. The number of nitrogens with two attached hydrogens (primary N) is 1. The third kappa shape index (κ3) is 1.54. The lowest BCUT2D eigenvalue weighted by molar-refractivity contribution is 0.625. The minimum absolute atomic E-state index is 0.255. The highest BCUT2D eigenvalue weighted by Gasteiger charge is 2.06. The van der Waals surface area contributed by atoms with Gasteiger partial charge in [0, 0.05) is 6.07 Å². The van der Waals surface area contributed by atoms with Gasteiger partial charge in [0.25, 0.3) is 0 Å². The molecule has 0 amide bonds. The molecule has 4 nitrogen and oxygen atoms in total. The molecule has 0 bridgehead atoms. The molecule has 0 saturated carbocycles. The predicted molar refractivity (Wildman–Crippen MR) is 50.7 cm³/mol. The number of rotatable bonds is 1. The molecular weight excluding hydrogens is 207 g/mol. The van der Waals surface area contributed by atoms with Gasteiger partial charge < -0.3 is 5.73 Å². The van der Waals surface area contributed by atoms with E-state index in [1.165, 1.54) is 29.1 Å². The standard InChI is InChI=1S/C8H6ClFN4/c9-6-2-1-5(10)3-7(6)14-4-8(11)12-13-14/h1-4H,11H2. The van der Waals surface area contributed by atoms with Crippen LogP contribution < -0.4 is 5.73 Å². The zero-order valence-corrected chi connectivity index (χ0v) is 7.74. The first-order valence-electron chi connectivity index (χ1n) is 3.80. The van der Waals surface area contributed by atoms with Crippen LogP contribution in [0.4, 0.5) is 10.2 Å².